The van der Waals surface area contributed by atoms with Crippen LogP contribution in [0.2, 0.25) is 0 Å². The molecule has 2 rings (SSSR count). The summed E-state index contributed by atoms with van der Waals surface area (Å²) in [6.45, 7) is 5.09. The Kier molecular flexibility index (Phi) is 3.65. The van der Waals surface area contributed by atoms with Gasteiger partial charge < -0.3 is 10.1 Å². The molecule has 0 radical (unpaired) electrons. The number of ether oxygens (including phenoxy) is 1. The molecule has 1 fully saturated rings. The van der Waals surface area contributed by atoms with Crippen LogP contribution in [0.4, 0.5) is 0 Å². The predicted octanol–water partition coefficient (Wildman–Crippen LogP) is 2.46. The molecule has 1 N–H and O–H groups in total. The molecule has 1 aromatic carbocycles. The first-order chi connectivity index (χ1) is 8.20. The van der Waals surface area contributed by atoms with Crippen molar-refractivity contribution in [2.24, 2.45) is 0 Å². The smallest absolute Gasteiger partial charge is 0.174 e. The van der Waals surface area contributed by atoms with Crippen molar-refractivity contribution in [2.75, 3.05) is 6.61 Å². The molecule has 0 amide bonds. The summed E-state index contributed by atoms with van der Waals surface area (Å²) < 4.78 is 5.43. The van der Waals surface area contributed by atoms with Crippen LogP contribution in [0.1, 0.15) is 29.5 Å². The van der Waals surface area contributed by atoms with E-state index in [1.54, 1.807) is 0 Å². The van der Waals surface area contributed by atoms with Gasteiger partial charge in [-0.05, 0) is 43.4 Å². The van der Waals surface area contributed by atoms with Gasteiger partial charge in [0, 0.05) is 12.6 Å². The molecule has 90 valence electrons. The lowest BCUT2D eigenvalue weighted by Gasteiger charge is -2.12. The highest BCUT2D eigenvalue weighted by atomic mass is 16.5. The minimum absolute atomic E-state index is 0.112. The van der Waals surface area contributed by atoms with E-state index in [0.717, 1.165) is 29.5 Å². The Labute approximate surface area is 102 Å². The van der Waals surface area contributed by atoms with Crippen LogP contribution in [0.3, 0.4) is 0 Å². The number of nitrogens with zero attached hydrogens (tertiary/aromatic N) is 1. The molecule has 0 aromatic heterocycles. The molecule has 3 nitrogen and oxygen atoms in total. The fraction of sp³-hybridized carbons (Fsp3) is 0.500. The van der Waals surface area contributed by atoms with Gasteiger partial charge in [-0.2, -0.15) is 5.26 Å². The van der Waals surface area contributed by atoms with Crippen LogP contribution in [0.5, 0.6) is 5.75 Å². The molecular weight excluding hydrogens is 212 g/mol. The molecule has 0 bridgehead atoms. The maximum absolute atomic E-state index is 8.53. The quantitative estimate of drug-likeness (QED) is 0.845. The Balaban J connectivity index is 2.06. The average Bonchev–Trinajstić information content (AvgIpc) is 3.09. The van der Waals surface area contributed by atoms with Gasteiger partial charge in [0.15, 0.2) is 6.61 Å². The van der Waals surface area contributed by atoms with Crippen molar-refractivity contribution < 1.29 is 4.74 Å². The van der Waals surface area contributed by atoms with Crippen LogP contribution in [0, 0.1) is 25.2 Å². The second-order valence-electron chi connectivity index (χ2n) is 4.66. The van der Waals surface area contributed by atoms with Crippen molar-refractivity contribution >= 4 is 0 Å². The Morgan fingerprint density at radius 3 is 2.53 bits per heavy atom. The van der Waals surface area contributed by atoms with Crippen molar-refractivity contribution in [1.29, 1.82) is 5.26 Å². The SMILES string of the molecule is Cc1cc(CNC2CC2)cc(C)c1OCC#N. The topological polar surface area (TPSA) is 45.0 Å². The van der Waals surface area contributed by atoms with Crippen LogP contribution in [-0.4, -0.2) is 12.6 Å². The number of aryl methyl sites for hydroxylation is 2. The van der Waals surface area contributed by atoms with E-state index in [9.17, 15) is 0 Å². The lowest BCUT2D eigenvalue weighted by Crippen LogP contribution is -2.15. The number of hydrogen-bond acceptors (Lipinski definition) is 3. The third-order valence-electron chi connectivity index (χ3n) is 2.97. The normalized spacial score (nSPS) is 14.4. The fourth-order valence-corrected chi connectivity index (χ4v) is 2.02. The lowest BCUT2D eigenvalue weighted by molar-refractivity contribution is 0.362. The van der Waals surface area contributed by atoms with Gasteiger partial charge in [0.2, 0.25) is 0 Å². The summed E-state index contributed by atoms with van der Waals surface area (Å²) in [6, 6.07) is 6.99. The molecule has 0 aliphatic heterocycles. The molecule has 17 heavy (non-hydrogen) atoms. The van der Waals surface area contributed by atoms with E-state index in [1.165, 1.54) is 18.4 Å². The number of nitrogens with one attached hydrogen (secondary N) is 1. The van der Waals surface area contributed by atoms with Gasteiger partial charge in [-0.3, -0.25) is 0 Å². The molecule has 0 spiro atoms. The number of rotatable bonds is 5. The average molecular weight is 230 g/mol. The maximum atomic E-state index is 8.53. The molecule has 0 unspecified atom stereocenters. The molecule has 3 heteroatoms. The molecule has 1 aliphatic carbocycles. The zero-order valence-corrected chi connectivity index (χ0v) is 10.4. The first-order valence-electron chi connectivity index (χ1n) is 6.04. The summed E-state index contributed by atoms with van der Waals surface area (Å²) in [5, 5.41) is 12.0. The maximum Gasteiger partial charge on any atom is 0.174 e. The number of benzene rings is 1. The lowest BCUT2D eigenvalue weighted by atomic mass is 10.1. The first-order valence-corrected chi connectivity index (χ1v) is 6.04. The largest absolute Gasteiger partial charge is 0.478 e. The fourth-order valence-electron chi connectivity index (χ4n) is 2.02. The summed E-state index contributed by atoms with van der Waals surface area (Å²) in [7, 11) is 0. The Morgan fingerprint density at radius 1 is 1.35 bits per heavy atom. The Hall–Kier alpha value is -1.53. The van der Waals surface area contributed by atoms with E-state index in [0.29, 0.717) is 0 Å². The van der Waals surface area contributed by atoms with E-state index < -0.39 is 0 Å². The summed E-state index contributed by atoms with van der Waals surface area (Å²) >= 11 is 0. The van der Waals surface area contributed by atoms with E-state index in [2.05, 4.69) is 17.4 Å². The monoisotopic (exact) mass is 230 g/mol. The van der Waals surface area contributed by atoms with Crippen molar-refractivity contribution in [2.45, 2.75) is 39.3 Å². The molecule has 1 aliphatic rings. The van der Waals surface area contributed by atoms with Crippen molar-refractivity contribution in [3.63, 3.8) is 0 Å². The highest BCUT2D eigenvalue weighted by Gasteiger charge is 2.20. The van der Waals surface area contributed by atoms with Gasteiger partial charge in [0.05, 0.1) is 0 Å². The van der Waals surface area contributed by atoms with Crippen LogP contribution in [-0.2, 0) is 6.54 Å². The second-order valence-corrected chi connectivity index (χ2v) is 4.66. The van der Waals surface area contributed by atoms with Crippen molar-refractivity contribution in [1.82, 2.24) is 5.32 Å². The summed E-state index contributed by atoms with van der Waals surface area (Å²) in [5.74, 6) is 0.849. The Bertz CT molecular complexity index is 421. The van der Waals surface area contributed by atoms with E-state index in [-0.39, 0.29) is 6.61 Å². The minimum Gasteiger partial charge on any atom is -0.478 e. The molecule has 0 heterocycles. The molecule has 1 aromatic rings. The highest BCUT2D eigenvalue weighted by Crippen LogP contribution is 2.25. The standard InChI is InChI=1S/C14H18N2O/c1-10-7-12(9-16-13-3-4-13)8-11(2)14(10)17-6-5-15/h7-8,13,16H,3-4,6,9H2,1-2H3. The third kappa shape index (κ3) is 3.21. The summed E-state index contributed by atoms with van der Waals surface area (Å²) in [4.78, 5) is 0. The zero-order chi connectivity index (χ0) is 12.3. The van der Waals surface area contributed by atoms with Gasteiger partial charge in [0.25, 0.3) is 0 Å². The van der Waals surface area contributed by atoms with Gasteiger partial charge >= 0.3 is 0 Å². The molecule has 0 atom stereocenters. The van der Waals surface area contributed by atoms with Crippen LogP contribution < -0.4 is 10.1 Å². The van der Waals surface area contributed by atoms with Crippen LogP contribution in [0.25, 0.3) is 0 Å². The number of hydrogen-bond donors (Lipinski definition) is 1. The zero-order valence-electron chi connectivity index (χ0n) is 10.4. The summed E-state index contributed by atoms with van der Waals surface area (Å²) in [5.41, 5.74) is 3.50. The van der Waals surface area contributed by atoms with Gasteiger partial charge in [-0.25, -0.2) is 0 Å². The van der Waals surface area contributed by atoms with E-state index in [4.69, 9.17) is 10.00 Å². The van der Waals surface area contributed by atoms with E-state index >= 15 is 0 Å². The van der Waals surface area contributed by atoms with Crippen LogP contribution in [0.15, 0.2) is 12.1 Å². The third-order valence-corrected chi connectivity index (χ3v) is 2.97. The number of nitriles is 1. The predicted molar refractivity (Wildman–Crippen MR) is 66.9 cm³/mol. The molecule has 1 saturated carbocycles. The van der Waals surface area contributed by atoms with E-state index in [1.807, 2.05) is 19.9 Å². The summed E-state index contributed by atoms with van der Waals surface area (Å²) in [6.07, 6.45) is 2.61. The second kappa shape index (κ2) is 5.20. The minimum atomic E-state index is 0.112. The Morgan fingerprint density at radius 2 is 2.00 bits per heavy atom. The van der Waals surface area contributed by atoms with Gasteiger partial charge in [-0.1, -0.05) is 12.1 Å². The van der Waals surface area contributed by atoms with Crippen molar-refractivity contribution in [3.05, 3.63) is 28.8 Å². The molecular formula is C14H18N2O. The van der Waals surface area contributed by atoms with Crippen LogP contribution >= 0.6 is 0 Å². The van der Waals surface area contributed by atoms with Gasteiger partial charge in [0.1, 0.15) is 11.8 Å². The first kappa shape index (κ1) is 11.9. The highest BCUT2D eigenvalue weighted by molar-refractivity contribution is 5.43. The van der Waals surface area contributed by atoms with Crippen molar-refractivity contribution in [3.8, 4) is 11.8 Å². The van der Waals surface area contributed by atoms with Gasteiger partial charge in [-0.15, -0.1) is 0 Å². The molecule has 0 saturated heterocycles.